The molecule has 1 heterocycles. The van der Waals surface area contributed by atoms with Gasteiger partial charge in [0.2, 0.25) is 5.91 Å². The van der Waals surface area contributed by atoms with E-state index >= 15 is 0 Å². The van der Waals surface area contributed by atoms with E-state index < -0.39 is 5.66 Å². The first-order valence-corrected chi connectivity index (χ1v) is 11.2. The van der Waals surface area contributed by atoms with Crippen LogP contribution < -0.4 is 20.7 Å². The van der Waals surface area contributed by atoms with Gasteiger partial charge in [0, 0.05) is 24.1 Å². The molecule has 2 aromatic carbocycles. The smallest absolute Gasteiger partial charge is 0.255 e. The van der Waals surface area contributed by atoms with Crippen LogP contribution in [0.2, 0.25) is 0 Å². The molecule has 0 saturated heterocycles. The lowest BCUT2D eigenvalue weighted by atomic mass is 9.58. The number of fused-ring (bicyclic) bond motifs is 3. The summed E-state index contributed by atoms with van der Waals surface area (Å²) in [6, 6.07) is 15.6. The summed E-state index contributed by atoms with van der Waals surface area (Å²) in [6.45, 7) is 0.618. The maximum atomic E-state index is 13.0. The number of nitrogens with one attached hydrogen (secondary N) is 3. The minimum absolute atomic E-state index is 0.0128. The first kappa shape index (κ1) is 19.9. The molecule has 162 valence electrons. The van der Waals surface area contributed by atoms with Gasteiger partial charge in [0.1, 0.15) is 11.4 Å². The second-order valence-electron chi connectivity index (χ2n) is 9.07. The average Bonchev–Trinajstić information content (AvgIpc) is 2.79. The molecular weight excluding hydrogens is 390 g/mol. The lowest BCUT2D eigenvalue weighted by Crippen LogP contribution is -2.68. The van der Waals surface area contributed by atoms with Gasteiger partial charge >= 0.3 is 0 Å². The van der Waals surface area contributed by atoms with E-state index in [9.17, 15) is 9.59 Å². The Morgan fingerprint density at radius 1 is 1.16 bits per heavy atom. The average molecular weight is 420 g/mol. The van der Waals surface area contributed by atoms with Gasteiger partial charge in [0.25, 0.3) is 5.91 Å². The molecule has 4 aliphatic rings. The SMILES string of the molecule is COc1cccc(CCNC(=O)[C@H]2C[C@H]3CC[C@@H]2C[C@@]32NC(=O)c3ccccc3N2)c1. The highest BCUT2D eigenvalue weighted by Gasteiger charge is 2.55. The highest BCUT2D eigenvalue weighted by molar-refractivity contribution is 6.02. The first-order chi connectivity index (χ1) is 15.1. The van der Waals surface area contributed by atoms with Crippen LogP contribution >= 0.6 is 0 Å². The molecule has 4 atom stereocenters. The van der Waals surface area contributed by atoms with Gasteiger partial charge in [-0.05, 0) is 67.9 Å². The van der Waals surface area contributed by atoms with Gasteiger partial charge in [-0.15, -0.1) is 0 Å². The third-order valence-electron chi connectivity index (χ3n) is 7.32. The molecule has 1 spiro atoms. The van der Waals surface area contributed by atoms with Crippen LogP contribution in [0, 0.1) is 17.8 Å². The summed E-state index contributed by atoms with van der Waals surface area (Å²) < 4.78 is 5.27. The fraction of sp³-hybridized carbons (Fsp3) is 0.440. The van der Waals surface area contributed by atoms with Gasteiger partial charge in [0.05, 0.1) is 12.7 Å². The Kier molecular flexibility index (Phi) is 5.08. The minimum Gasteiger partial charge on any atom is -0.497 e. The van der Waals surface area contributed by atoms with E-state index in [1.165, 1.54) is 0 Å². The molecule has 0 unspecified atom stereocenters. The second-order valence-corrected chi connectivity index (χ2v) is 9.07. The summed E-state index contributed by atoms with van der Waals surface area (Å²) in [4.78, 5) is 25.7. The van der Waals surface area contributed by atoms with E-state index in [4.69, 9.17) is 4.74 Å². The van der Waals surface area contributed by atoms with Crippen LogP contribution in [0.5, 0.6) is 5.75 Å². The highest BCUT2D eigenvalue weighted by atomic mass is 16.5. The first-order valence-electron chi connectivity index (χ1n) is 11.2. The van der Waals surface area contributed by atoms with Crippen molar-refractivity contribution in [3.63, 3.8) is 0 Å². The highest BCUT2D eigenvalue weighted by Crippen LogP contribution is 2.51. The zero-order valence-corrected chi connectivity index (χ0v) is 17.8. The van der Waals surface area contributed by atoms with E-state index in [2.05, 4.69) is 22.0 Å². The molecular formula is C25H29N3O3. The number of hydrogen-bond donors (Lipinski definition) is 3. The molecule has 1 aliphatic heterocycles. The van der Waals surface area contributed by atoms with E-state index in [1.807, 2.05) is 42.5 Å². The molecule has 2 bridgehead atoms. The lowest BCUT2D eigenvalue weighted by Gasteiger charge is -2.56. The third kappa shape index (κ3) is 3.64. The van der Waals surface area contributed by atoms with Crippen molar-refractivity contribution in [2.75, 3.05) is 19.0 Å². The molecule has 6 heteroatoms. The quantitative estimate of drug-likeness (QED) is 0.695. The molecule has 3 aliphatic carbocycles. The predicted octanol–water partition coefficient (Wildman–Crippen LogP) is 3.34. The van der Waals surface area contributed by atoms with Crippen LogP contribution in [0.4, 0.5) is 5.69 Å². The van der Waals surface area contributed by atoms with Crippen LogP contribution in [-0.2, 0) is 11.2 Å². The molecule has 0 radical (unpaired) electrons. The molecule has 0 aromatic heterocycles. The summed E-state index contributed by atoms with van der Waals surface area (Å²) in [6.07, 6.45) is 4.46. The zero-order chi connectivity index (χ0) is 21.4. The van der Waals surface area contributed by atoms with Crippen molar-refractivity contribution in [3.8, 4) is 5.75 Å². The van der Waals surface area contributed by atoms with Gasteiger partial charge in [0.15, 0.2) is 0 Å². The van der Waals surface area contributed by atoms with Crippen molar-refractivity contribution >= 4 is 17.5 Å². The Bertz CT molecular complexity index is 1010. The Balaban J connectivity index is 1.22. The number of ether oxygens (including phenoxy) is 1. The third-order valence-corrected chi connectivity index (χ3v) is 7.32. The largest absolute Gasteiger partial charge is 0.497 e. The molecule has 6 rings (SSSR count). The molecule has 2 amide bonds. The number of methoxy groups -OCH3 is 1. The number of para-hydroxylation sites is 1. The zero-order valence-electron chi connectivity index (χ0n) is 17.8. The van der Waals surface area contributed by atoms with Gasteiger partial charge in [-0.2, -0.15) is 0 Å². The van der Waals surface area contributed by atoms with Crippen LogP contribution in [0.25, 0.3) is 0 Å². The van der Waals surface area contributed by atoms with Crippen LogP contribution in [0.3, 0.4) is 0 Å². The van der Waals surface area contributed by atoms with Crippen molar-refractivity contribution < 1.29 is 14.3 Å². The Labute approximate surface area is 182 Å². The summed E-state index contributed by atoms with van der Waals surface area (Å²) in [5, 5.41) is 10.0. The fourth-order valence-electron chi connectivity index (χ4n) is 5.75. The normalized spacial score (nSPS) is 28.4. The molecule has 3 fully saturated rings. The standard InChI is InChI=1S/C25H29N3O3/c1-31-19-6-4-5-16(13-19)11-12-26-23(29)21-14-18-10-9-17(21)15-25(18)27-22-8-3-2-7-20(22)24(30)28-25/h2-8,13,17-18,21,27H,9-12,14-15H2,1H3,(H,26,29)(H,28,30)/t17-,18-,21+,25-/m1/s1. The molecule has 3 N–H and O–H groups in total. The van der Waals surface area contributed by atoms with Gasteiger partial charge in [-0.1, -0.05) is 24.3 Å². The van der Waals surface area contributed by atoms with Crippen LogP contribution in [0.1, 0.15) is 41.6 Å². The van der Waals surface area contributed by atoms with Crippen molar-refractivity contribution in [3.05, 3.63) is 59.7 Å². The maximum Gasteiger partial charge on any atom is 0.255 e. The van der Waals surface area contributed by atoms with Gasteiger partial charge < -0.3 is 20.7 Å². The lowest BCUT2D eigenvalue weighted by molar-refractivity contribution is -0.132. The number of carbonyl (C=O) groups is 2. The van der Waals surface area contributed by atoms with Gasteiger partial charge in [-0.3, -0.25) is 9.59 Å². The van der Waals surface area contributed by atoms with Crippen LogP contribution in [0.15, 0.2) is 48.5 Å². The van der Waals surface area contributed by atoms with E-state index in [-0.39, 0.29) is 29.6 Å². The van der Waals surface area contributed by atoms with Crippen molar-refractivity contribution in [2.24, 2.45) is 17.8 Å². The number of carbonyl (C=O) groups excluding carboxylic acids is 2. The number of benzene rings is 2. The molecule has 2 aromatic rings. The maximum absolute atomic E-state index is 13.0. The van der Waals surface area contributed by atoms with Gasteiger partial charge in [-0.25, -0.2) is 0 Å². The molecule has 31 heavy (non-hydrogen) atoms. The predicted molar refractivity (Wildman–Crippen MR) is 119 cm³/mol. The summed E-state index contributed by atoms with van der Waals surface area (Å²) in [7, 11) is 1.66. The Morgan fingerprint density at radius 3 is 2.84 bits per heavy atom. The Morgan fingerprint density at radius 2 is 2.03 bits per heavy atom. The number of hydrogen-bond acceptors (Lipinski definition) is 4. The minimum atomic E-state index is -0.425. The number of amides is 2. The Hall–Kier alpha value is -3.02. The summed E-state index contributed by atoms with van der Waals surface area (Å²) in [5.41, 5.74) is 2.32. The monoisotopic (exact) mass is 419 g/mol. The number of anilines is 1. The van der Waals surface area contributed by atoms with Crippen molar-refractivity contribution in [1.29, 1.82) is 0 Å². The topological polar surface area (TPSA) is 79.5 Å². The molecule has 6 nitrogen and oxygen atoms in total. The van der Waals surface area contributed by atoms with Crippen molar-refractivity contribution in [1.82, 2.24) is 10.6 Å². The van der Waals surface area contributed by atoms with E-state index in [1.54, 1.807) is 7.11 Å². The summed E-state index contributed by atoms with van der Waals surface area (Å²) >= 11 is 0. The van der Waals surface area contributed by atoms with E-state index in [0.717, 1.165) is 49.1 Å². The number of rotatable bonds is 5. The fourth-order valence-corrected chi connectivity index (χ4v) is 5.75. The van der Waals surface area contributed by atoms with E-state index in [0.29, 0.717) is 12.1 Å². The second kappa shape index (κ2) is 7.91. The van der Waals surface area contributed by atoms with Crippen molar-refractivity contribution in [2.45, 2.75) is 37.8 Å². The summed E-state index contributed by atoms with van der Waals surface area (Å²) in [5.74, 6) is 1.52. The van der Waals surface area contributed by atoms with Crippen LogP contribution in [-0.4, -0.2) is 31.1 Å². The molecule has 3 saturated carbocycles.